The summed E-state index contributed by atoms with van der Waals surface area (Å²) >= 11 is 0. The molecule has 2 aliphatic rings. The van der Waals surface area contributed by atoms with Crippen LogP contribution in [0.1, 0.15) is 61.1 Å². The van der Waals surface area contributed by atoms with Crippen LogP contribution in [-0.2, 0) is 4.79 Å². The zero-order chi connectivity index (χ0) is 26.6. The zero-order valence-corrected chi connectivity index (χ0v) is 21.3. The Morgan fingerprint density at radius 3 is 1.76 bits per heavy atom. The van der Waals surface area contributed by atoms with Crippen LogP contribution in [0.25, 0.3) is 5.57 Å². The van der Waals surface area contributed by atoms with Gasteiger partial charge in [-0.3, -0.25) is 4.79 Å². The summed E-state index contributed by atoms with van der Waals surface area (Å²) in [7, 11) is 0. The van der Waals surface area contributed by atoms with Crippen molar-refractivity contribution in [1.29, 1.82) is 16.6 Å². The largest absolute Gasteiger partial charge is 0.296 e. The average molecular weight is 505 g/mol. The Kier molecular flexibility index (Phi) is 7.18. The van der Waals surface area contributed by atoms with E-state index in [-0.39, 0.29) is 17.4 Å². The summed E-state index contributed by atoms with van der Waals surface area (Å²) in [5.41, 5.74) is 26.6. The summed E-state index contributed by atoms with van der Waals surface area (Å²) in [5.74, 6) is 0.0439. The third kappa shape index (κ3) is 4.42. The molecule has 7 nitrogen and oxygen atoms in total. The third-order valence-electron chi connectivity index (χ3n) is 8.60. The highest BCUT2D eigenvalue weighted by atomic mass is 16.1. The molecule has 3 aromatic rings. The predicted octanol–water partition coefficient (Wildman–Crippen LogP) is 8.35. The van der Waals surface area contributed by atoms with E-state index in [2.05, 4.69) is 63.9 Å². The van der Waals surface area contributed by atoms with Crippen molar-refractivity contribution in [1.82, 2.24) is 0 Å². The van der Waals surface area contributed by atoms with E-state index in [4.69, 9.17) is 16.6 Å². The highest BCUT2D eigenvalue weighted by molar-refractivity contribution is 6.09. The van der Waals surface area contributed by atoms with Crippen molar-refractivity contribution in [3.05, 3.63) is 113 Å². The maximum atomic E-state index is 13.7. The van der Waals surface area contributed by atoms with Gasteiger partial charge in [0.05, 0.1) is 11.0 Å². The minimum absolute atomic E-state index is 0.151. The molecule has 192 valence electrons. The number of nitrogens with zero attached hydrogens (tertiary/aromatic N) is 3. The maximum absolute atomic E-state index is 13.7. The number of carbonyl (C=O) groups is 1. The molecule has 7 heteroatoms. The topological polar surface area (TPSA) is 126 Å². The van der Waals surface area contributed by atoms with Crippen molar-refractivity contribution in [2.75, 3.05) is 0 Å². The molecule has 0 heterocycles. The molecule has 0 aliphatic heterocycles. The van der Waals surface area contributed by atoms with Crippen LogP contribution in [0.15, 0.2) is 112 Å². The van der Waals surface area contributed by atoms with E-state index in [1.807, 2.05) is 42.5 Å². The summed E-state index contributed by atoms with van der Waals surface area (Å²) in [6.45, 7) is 0. The molecular weight excluding hydrogens is 472 g/mol. The number of hydrogen-bond donors (Lipinski definition) is 3. The molecule has 1 atom stereocenters. The first kappa shape index (κ1) is 25.5. The van der Waals surface area contributed by atoms with Gasteiger partial charge < -0.3 is 0 Å². The second-order valence-corrected chi connectivity index (χ2v) is 10.5. The van der Waals surface area contributed by atoms with Gasteiger partial charge >= 0.3 is 0 Å². The quantitative estimate of drug-likeness (QED) is 0.249. The van der Waals surface area contributed by atoms with Crippen LogP contribution in [0.3, 0.4) is 0 Å². The fraction of sp³-hybridized carbons (Fsp3) is 0.323. The van der Waals surface area contributed by atoms with Gasteiger partial charge in [0.15, 0.2) is 11.8 Å². The fourth-order valence-electron chi connectivity index (χ4n) is 6.52. The van der Waals surface area contributed by atoms with Crippen molar-refractivity contribution < 1.29 is 4.79 Å². The minimum atomic E-state index is -1.04. The van der Waals surface area contributed by atoms with Gasteiger partial charge in [0.1, 0.15) is 5.70 Å². The van der Waals surface area contributed by atoms with Gasteiger partial charge in [-0.15, -0.1) is 0 Å². The summed E-state index contributed by atoms with van der Waals surface area (Å²) in [6, 6.07) is 29.5. The molecule has 0 amide bonds. The number of rotatable bonds is 9. The first-order chi connectivity index (χ1) is 18.6. The van der Waals surface area contributed by atoms with E-state index in [0.29, 0.717) is 25.7 Å². The number of carbonyl (C=O) groups excluding carboxylic acids is 1. The standard InChI is InChI=1S/C31H32N6O/c32-35-27-26(24-14-8-3-9-15-24)31(29(38)28(27)36-33)20-18-30(37-34,19-21-31)17-16-25(22-10-4-1-5-11-22)23-12-6-2-7-13-23/h1-15,25,28,32-34H,16-21H2. The van der Waals surface area contributed by atoms with E-state index in [1.165, 1.54) is 11.1 Å². The number of nitrogens with one attached hydrogen (secondary N) is 3. The Balaban J connectivity index is 1.43. The average Bonchev–Trinajstić information content (AvgIpc) is 3.22. The van der Waals surface area contributed by atoms with Gasteiger partial charge in [-0.05, 0) is 60.8 Å². The monoisotopic (exact) mass is 504 g/mol. The van der Waals surface area contributed by atoms with Crippen LogP contribution in [0.4, 0.5) is 0 Å². The molecule has 0 radical (unpaired) electrons. The molecule has 1 saturated carbocycles. The summed E-state index contributed by atoms with van der Waals surface area (Å²) in [6.07, 6.45) is 3.77. The Hall–Kier alpha value is -4.13. The lowest BCUT2D eigenvalue weighted by Gasteiger charge is -2.43. The Morgan fingerprint density at radius 2 is 1.29 bits per heavy atom. The second kappa shape index (κ2) is 10.7. The van der Waals surface area contributed by atoms with Crippen LogP contribution in [0.5, 0.6) is 0 Å². The minimum Gasteiger partial charge on any atom is -0.296 e. The van der Waals surface area contributed by atoms with Crippen molar-refractivity contribution in [3.8, 4) is 0 Å². The van der Waals surface area contributed by atoms with Crippen LogP contribution in [0.2, 0.25) is 0 Å². The van der Waals surface area contributed by atoms with Crippen LogP contribution in [0, 0.1) is 22.0 Å². The van der Waals surface area contributed by atoms with Crippen molar-refractivity contribution in [2.24, 2.45) is 20.8 Å². The Bertz CT molecular complexity index is 1310. The van der Waals surface area contributed by atoms with Crippen LogP contribution in [-0.4, -0.2) is 17.4 Å². The van der Waals surface area contributed by atoms with Crippen molar-refractivity contribution in [2.45, 2.75) is 56.0 Å². The molecule has 3 N–H and O–H groups in total. The molecule has 1 unspecified atom stereocenters. The second-order valence-electron chi connectivity index (χ2n) is 10.5. The normalized spacial score (nSPS) is 25.1. The maximum Gasteiger partial charge on any atom is 0.175 e. The lowest BCUT2D eigenvalue weighted by molar-refractivity contribution is -0.127. The molecule has 2 aliphatic carbocycles. The number of benzene rings is 3. The first-order valence-corrected chi connectivity index (χ1v) is 13.1. The molecule has 3 aromatic carbocycles. The van der Waals surface area contributed by atoms with Crippen LogP contribution < -0.4 is 0 Å². The smallest absolute Gasteiger partial charge is 0.175 e. The van der Waals surface area contributed by atoms with Crippen LogP contribution >= 0.6 is 0 Å². The van der Waals surface area contributed by atoms with Gasteiger partial charge in [-0.2, -0.15) is 15.3 Å². The van der Waals surface area contributed by atoms with E-state index in [1.54, 1.807) is 0 Å². The van der Waals surface area contributed by atoms with E-state index in [9.17, 15) is 4.79 Å². The fourth-order valence-corrected chi connectivity index (χ4v) is 6.52. The highest BCUT2D eigenvalue weighted by Gasteiger charge is 2.57. The molecule has 1 spiro atoms. The van der Waals surface area contributed by atoms with Gasteiger partial charge in [0.2, 0.25) is 0 Å². The van der Waals surface area contributed by atoms with E-state index in [0.717, 1.165) is 24.0 Å². The lowest BCUT2D eigenvalue weighted by atomic mass is 9.61. The molecule has 5 rings (SSSR count). The number of hydrogen-bond acceptors (Lipinski definition) is 7. The molecule has 0 bridgehead atoms. The third-order valence-corrected chi connectivity index (χ3v) is 8.60. The Morgan fingerprint density at radius 1 is 0.763 bits per heavy atom. The predicted molar refractivity (Wildman–Crippen MR) is 145 cm³/mol. The Labute approximate surface area is 222 Å². The summed E-state index contributed by atoms with van der Waals surface area (Å²) in [4.78, 5) is 13.7. The molecule has 38 heavy (non-hydrogen) atoms. The zero-order valence-electron chi connectivity index (χ0n) is 21.3. The van der Waals surface area contributed by atoms with Gasteiger partial charge in [0.25, 0.3) is 0 Å². The number of allylic oxidation sites excluding steroid dienone is 1. The number of Topliss-reactive ketones (excluding diaryl/α,β-unsaturated/α-hetero) is 1. The molecular formula is C31H32N6O. The summed E-state index contributed by atoms with van der Waals surface area (Å²) in [5, 5.41) is 11.5. The van der Waals surface area contributed by atoms with Gasteiger partial charge in [-0.1, -0.05) is 91.0 Å². The van der Waals surface area contributed by atoms with Gasteiger partial charge in [0, 0.05) is 5.92 Å². The van der Waals surface area contributed by atoms with E-state index >= 15 is 0 Å². The van der Waals surface area contributed by atoms with Gasteiger partial charge in [-0.25, -0.2) is 16.6 Å². The van der Waals surface area contributed by atoms with E-state index < -0.39 is 17.0 Å². The molecule has 0 saturated heterocycles. The first-order valence-electron chi connectivity index (χ1n) is 13.1. The molecule has 0 aromatic heterocycles. The summed E-state index contributed by atoms with van der Waals surface area (Å²) < 4.78 is 0. The van der Waals surface area contributed by atoms with Crippen molar-refractivity contribution in [3.63, 3.8) is 0 Å². The number of ketones is 1. The van der Waals surface area contributed by atoms with Crippen molar-refractivity contribution >= 4 is 11.4 Å². The molecule has 1 fully saturated rings. The SMILES string of the molecule is N=NC1=C(c2ccccc2)C2(CCC(CCC(c3ccccc3)c3ccccc3)(N=N)CC2)C(=O)C1N=N. The highest BCUT2D eigenvalue weighted by Crippen LogP contribution is 2.58. The lowest BCUT2D eigenvalue weighted by Crippen LogP contribution is -2.42.